The molecule has 0 atom stereocenters. The van der Waals surface area contributed by atoms with Crippen LogP contribution in [0.15, 0.2) is 16.6 Å². The predicted molar refractivity (Wildman–Crippen MR) is 67.1 cm³/mol. The molecule has 1 aromatic rings. The van der Waals surface area contributed by atoms with E-state index < -0.39 is 23.0 Å². The van der Waals surface area contributed by atoms with Gasteiger partial charge in [0.1, 0.15) is 11.6 Å². The maximum atomic E-state index is 13.5. The highest BCUT2D eigenvalue weighted by atomic mass is 79.9. The van der Waals surface area contributed by atoms with Crippen molar-refractivity contribution < 1.29 is 13.6 Å². The van der Waals surface area contributed by atoms with Crippen molar-refractivity contribution in [1.29, 1.82) is 0 Å². The fourth-order valence-electron chi connectivity index (χ4n) is 1.75. The Kier molecular flexibility index (Phi) is 5.25. The Morgan fingerprint density at radius 1 is 1.24 bits per heavy atom. The van der Waals surface area contributed by atoms with Crippen LogP contribution in [0, 0.1) is 17.6 Å². The van der Waals surface area contributed by atoms with Gasteiger partial charge in [-0.05, 0) is 18.1 Å². The average Bonchev–Trinajstić information content (AvgIpc) is 2.24. The quantitative estimate of drug-likeness (QED) is 0.718. The molecule has 0 aliphatic rings. The van der Waals surface area contributed by atoms with E-state index in [9.17, 15) is 13.6 Å². The SMILES string of the molecule is CCC(CC)CC(=O)c1c(F)cc(Br)cc1F. The number of carbonyl (C=O) groups excluding carboxylic acids is 1. The Morgan fingerprint density at radius 2 is 1.71 bits per heavy atom. The zero-order valence-electron chi connectivity index (χ0n) is 9.90. The van der Waals surface area contributed by atoms with Gasteiger partial charge in [-0.15, -0.1) is 0 Å². The maximum Gasteiger partial charge on any atom is 0.169 e. The van der Waals surface area contributed by atoms with Gasteiger partial charge in [0.05, 0.1) is 5.56 Å². The first-order valence-corrected chi connectivity index (χ1v) is 6.46. The lowest BCUT2D eigenvalue weighted by Crippen LogP contribution is -2.11. The van der Waals surface area contributed by atoms with Crippen LogP contribution in [0.4, 0.5) is 8.78 Å². The van der Waals surface area contributed by atoms with Crippen LogP contribution < -0.4 is 0 Å². The first-order valence-electron chi connectivity index (χ1n) is 5.67. The smallest absolute Gasteiger partial charge is 0.169 e. The van der Waals surface area contributed by atoms with Crippen LogP contribution in [0.5, 0.6) is 0 Å². The maximum absolute atomic E-state index is 13.5. The Labute approximate surface area is 108 Å². The van der Waals surface area contributed by atoms with E-state index in [1.54, 1.807) is 0 Å². The Hall–Kier alpha value is -0.770. The summed E-state index contributed by atoms with van der Waals surface area (Å²) < 4.78 is 27.4. The fourth-order valence-corrected chi connectivity index (χ4v) is 2.15. The van der Waals surface area contributed by atoms with Gasteiger partial charge in [-0.25, -0.2) is 8.78 Å². The van der Waals surface area contributed by atoms with Gasteiger partial charge in [0, 0.05) is 10.9 Å². The Morgan fingerprint density at radius 3 is 2.12 bits per heavy atom. The van der Waals surface area contributed by atoms with E-state index in [2.05, 4.69) is 15.9 Å². The normalized spacial score (nSPS) is 10.9. The molecule has 94 valence electrons. The van der Waals surface area contributed by atoms with Crippen molar-refractivity contribution in [2.24, 2.45) is 5.92 Å². The number of Topliss-reactive ketones (excluding diaryl/α,β-unsaturated/α-hetero) is 1. The Bertz CT molecular complexity index is 391. The first-order chi connectivity index (χ1) is 7.99. The lowest BCUT2D eigenvalue weighted by molar-refractivity contribution is 0.0950. The fraction of sp³-hybridized carbons (Fsp3) is 0.462. The van der Waals surface area contributed by atoms with E-state index in [0.29, 0.717) is 4.47 Å². The van der Waals surface area contributed by atoms with Crippen molar-refractivity contribution in [3.63, 3.8) is 0 Å². The lowest BCUT2D eigenvalue weighted by Gasteiger charge is -2.12. The Balaban J connectivity index is 2.96. The van der Waals surface area contributed by atoms with Crippen LogP contribution in [0.25, 0.3) is 0 Å². The standard InChI is InChI=1S/C13H15BrF2O/c1-3-8(4-2)5-12(17)13-10(15)6-9(14)7-11(13)16/h6-8H,3-5H2,1-2H3. The number of ketones is 1. The molecule has 0 unspecified atom stereocenters. The number of rotatable bonds is 5. The lowest BCUT2D eigenvalue weighted by atomic mass is 9.93. The third-order valence-electron chi connectivity index (χ3n) is 2.91. The van der Waals surface area contributed by atoms with Gasteiger partial charge in [-0.2, -0.15) is 0 Å². The van der Waals surface area contributed by atoms with Crippen LogP contribution in [0.3, 0.4) is 0 Å². The molecule has 1 aromatic carbocycles. The molecule has 17 heavy (non-hydrogen) atoms. The van der Waals surface area contributed by atoms with Crippen molar-refractivity contribution in [2.75, 3.05) is 0 Å². The molecular formula is C13H15BrF2O. The van der Waals surface area contributed by atoms with Crippen molar-refractivity contribution in [3.8, 4) is 0 Å². The van der Waals surface area contributed by atoms with Crippen LogP contribution in [0.2, 0.25) is 0 Å². The summed E-state index contributed by atoms with van der Waals surface area (Å²) in [7, 11) is 0. The van der Waals surface area contributed by atoms with Crippen molar-refractivity contribution in [2.45, 2.75) is 33.1 Å². The van der Waals surface area contributed by atoms with Gasteiger partial charge in [0.15, 0.2) is 5.78 Å². The number of halogens is 3. The van der Waals surface area contributed by atoms with Gasteiger partial charge in [0.2, 0.25) is 0 Å². The van der Waals surface area contributed by atoms with Gasteiger partial charge >= 0.3 is 0 Å². The van der Waals surface area contributed by atoms with Crippen molar-refractivity contribution >= 4 is 21.7 Å². The summed E-state index contributed by atoms with van der Waals surface area (Å²) in [6, 6.07) is 2.23. The summed E-state index contributed by atoms with van der Waals surface area (Å²) in [5, 5.41) is 0. The van der Waals surface area contributed by atoms with Gasteiger partial charge in [-0.1, -0.05) is 42.6 Å². The highest BCUT2D eigenvalue weighted by Crippen LogP contribution is 2.23. The third-order valence-corrected chi connectivity index (χ3v) is 3.37. The molecule has 0 aromatic heterocycles. The van der Waals surface area contributed by atoms with E-state index in [1.807, 2.05) is 13.8 Å². The number of benzene rings is 1. The molecule has 1 rings (SSSR count). The molecule has 0 amide bonds. The second-order valence-corrected chi connectivity index (χ2v) is 4.97. The second kappa shape index (κ2) is 6.24. The molecule has 0 aliphatic carbocycles. The molecule has 0 spiro atoms. The molecule has 0 radical (unpaired) electrons. The predicted octanol–water partition coefficient (Wildman–Crippen LogP) is 4.74. The summed E-state index contributed by atoms with van der Waals surface area (Å²) in [6.07, 6.45) is 1.87. The van der Waals surface area contributed by atoms with E-state index in [4.69, 9.17) is 0 Å². The number of carbonyl (C=O) groups is 1. The van der Waals surface area contributed by atoms with E-state index >= 15 is 0 Å². The van der Waals surface area contributed by atoms with E-state index in [0.717, 1.165) is 25.0 Å². The summed E-state index contributed by atoms with van der Waals surface area (Å²) in [6.45, 7) is 3.94. The van der Waals surface area contributed by atoms with Crippen molar-refractivity contribution in [3.05, 3.63) is 33.8 Å². The zero-order valence-corrected chi connectivity index (χ0v) is 11.5. The molecule has 0 fully saturated rings. The monoisotopic (exact) mass is 304 g/mol. The van der Waals surface area contributed by atoms with Crippen LogP contribution in [-0.4, -0.2) is 5.78 Å². The molecule has 0 saturated heterocycles. The van der Waals surface area contributed by atoms with Gasteiger partial charge < -0.3 is 0 Å². The molecule has 1 nitrogen and oxygen atoms in total. The van der Waals surface area contributed by atoms with Crippen LogP contribution in [-0.2, 0) is 0 Å². The highest BCUT2D eigenvalue weighted by molar-refractivity contribution is 9.10. The minimum atomic E-state index is -0.798. The third kappa shape index (κ3) is 3.60. The zero-order chi connectivity index (χ0) is 13.0. The molecule has 0 heterocycles. The molecule has 0 aliphatic heterocycles. The largest absolute Gasteiger partial charge is 0.294 e. The van der Waals surface area contributed by atoms with Gasteiger partial charge in [-0.3, -0.25) is 4.79 Å². The minimum Gasteiger partial charge on any atom is -0.294 e. The number of hydrogen-bond acceptors (Lipinski definition) is 1. The minimum absolute atomic E-state index is 0.185. The highest BCUT2D eigenvalue weighted by Gasteiger charge is 2.20. The topological polar surface area (TPSA) is 17.1 Å². The summed E-state index contributed by atoms with van der Waals surface area (Å²) in [5.41, 5.74) is -0.417. The first kappa shape index (κ1) is 14.3. The van der Waals surface area contributed by atoms with Crippen LogP contribution in [0.1, 0.15) is 43.5 Å². The molecule has 0 bridgehead atoms. The van der Waals surface area contributed by atoms with Gasteiger partial charge in [0.25, 0.3) is 0 Å². The van der Waals surface area contributed by atoms with Crippen LogP contribution >= 0.6 is 15.9 Å². The second-order valence-electron chi connectivity index (χ2n) is 4.05. The summed E-state index contributed by atoms with van der Waals surface area (Å²) in [5.74, 6) is -1.87. The average molecular weight is 305 g/mol. The molecular weight excluding hydrogens is 290 g/mol. The van der Waals surface area contributed by atoms with Crippen molar-refractivity contribution in [1.82, 2.24) is 0 Å². The molecule has 4 heteroatoms. The molecule has 0 saturated carbocycles. The van der Waals surface area contributed by atoms with E-state index in [-0.39, 0.29) is 12.3 Å². The summed E-state index contributed by atoms with van der Waals surface area (Å²) >= 11 is 2.98. The van der Waals surface area contributed by atoms with E-state index in [1.165, 1.54) is 0 Å². The molecule has 0 N–H and O–H groups in total. The summed E-state index contributed by atoms with van der Waals surface area (Å²) in [4.78, 5) is 11.8. The number of hydrogen-bond donors (Lipinski definition) is 0.